The van der Waals surface area contributed by atoms with Gasteiger partial charge in [-0.1, -0.05) is 6.07 Å². The number of hydrogen-bond acceptors (Lipinski definition) is 4. The van der Waals surface area contributed by atoms with Crippen molar-refractivity contribution in [3.63, 3.8) is 0 Å². The number of rotatable bonds is 5. The molecule has 0 saturated carbocycles. The Morgan fingerprint density at radius 2 is 2.24 bits per heavy atom. The molecule has 2 aliphatic heterocycles. The lowest BCUT2D eigenvalue weighted by Gasteiger charge is -2.22. The molecule has 3 rings (SSSR count). The average Bonchev–Trinajstić information content (AvgIpc) is 3.14. The Labute approximate surface area is 125 Å². The molecule has 1 N–H and O–H groups in total. The van der Waals surface area contributed by atoms with Crippen LogP contribution in [0.4, 0.5) is 0 Å². The molecule has 0 aromatic heterocycles. The van der Waals surface area contributed by atoms with E-state index in [1.54, 1.807) is 0 Å². The molecule has 1 aromatic rings. The minimum Gasteiger partial charge on any atom is -0.454 e. The summed E-state index contributed by atoms with van der Waals surface area (Å²) in [7, 11) is 0. The third kappa shape index (κ3) is 3.29. The summed E-state index contributed by atoms with van der Waals surface area (Å²) in [5.41, 5.74) is 1.08. The van der Waals surface area contributed by atoms with Crippen molar-refractivity contribution in [3.8, 4) is 11.5 Å². The largest absolute Gasteiger partial charge is 0.454 e. The fraction of sp³-hybridized carbons (Fsp3) is 0.562. The number of amides is 1. The first-order chi connectivity index (χ1) is 10.3. The highest BCUT2D eigenvalue weighted by Crippen LogP contribution is 2.32. The van der Waals surface area contributed by atoms with Gasteiger partial charge >= 0.3 is 0 Å². The lowest BCUT2D eigenvalue weighted by atomic mass is 10.0. The highest BCUT2D eigenvalue weighted by molar-refractivity contribution is 5.76. The van der Waals surface area contributed by atoms with Crippen molar-refractivity contribution in [2.75, 3.05) is 26.4 Å². The van der Waals surface area contributed by atoms with Crippen LogP contribution in [-0.2, 0) is 11.3 Å². The molecular formula is C16H22N2O3. The molecule has 1 unspecified atom stereocenters. The summed E-state index contributed by atoms with van der Waals surface area (Å²) in [6.45, 7) is 5.67. The van der Waals surface area contributed by atoms with E-state index in [9.17, 15) is 4.79 Å². The van der Waals surface area contributed by atoms with Gasteiger partial charge in [-0.25, -0.2) is 0 Å². The first-order valence-corrected chi connectivity index (χ1v) is 7.63. The van der Waals surface area contributed by atoms with Gasteiger partial charge in [-0.05, 0) is 50.0 Å². The Kier molecular flexibility index (Phi) is 4.29. The second-order valence-corrected chi connectivity index (χ2v) is 5.66. The Bertz CT molecular complexity index is 512. The van der Waals surface area contributed by atoms with Crippen LogP contribution in [0.3, 0.4) is 0 Å². The second-order valence-electron chi connectivity index (χ2n) is 5.66. The van der Waals surface area contributed by atoms with E-state index in [1.165, 1.54) is 0 Å². The highest BCUT2D eigenvalue weighted by Gasteiger charge is 2.22. The zero-order valence-electron chi connectivity index (χ0n) is 12.4. The van der Waals surface area contributed by atoms with Gasteiger partial charge in [0.15, 0.2) is 11.5 Å². The molecule has 1 fully saturated rings. The van der Waals surface area contributed by atoms with Crippen molar-refractivity contribution in [1.29, 1.82) is 0 Å². The van der Waals surface area contributed by atoms with Crippen LogP contribution in [0.5, 0.6) is 11.5 Å². The van der Waals surface area contributed by atoms with Crippen LogP contribution in [-0.4, -0.2) is 37.2 Å². The first kappa shape index (κ1) is 14.2. The molecule has 21 heavy (non-hydrogen) atoms. The summed E-state index contributed by atoms with van der Waals surface area (Å²) in [4.78, 5) is 14.3. The first-order valence-electron chi connectivity index (χ1n) is 7.63. The van der Waals surface area contributed by atoms with E-state index in [0.29, 0.717) is 18.9 Å². The van der Waals surface area contributed by atoms with E-state index in [-0.39, 0.29) is 12.7 Å². The number of carbonyl (C=O) groups is 1. The maximum atomic E-state index is 12.4. The summed E-state index contributed by atoms with van der Waals surface area (Å²) in [5.74, 6) is 2.29. The number of benzene rings is 1. The van der Waals surface area contributed by atoms with Crippen LogP contribution < -0.4 is 14.8 Å². The molecule has 114 valence electrons. The number of fused-ring (bicyclic) bond motifs is 1. The van der Waals surface area contributed by atoms with E-state index in [1.807, 2.05) is 30.0 Å². The van der Waals surface area contributed by atoms with Crippen LogP contribution in [0.15, 0.2) is 18.2 Å². The molecule has 5 heteroatoms. The molecule has 0 spiro atoms. The molecule has 2 heterocycles. The van der Waals surface area contributed by atoms with Gasteiger partial charge in [-0.15, -0.1) is 0 Å². The summed E-state index contributed by atoms with van der Waals surface area (Å²) >= 11 is 0. The molecule has 1 aromatic carbocycles. The predicted octanol–water partition coefficient (Wildman–Crippen LogP) is 1.76. The topological polar surface area (TPSA) is 50.8 Å². The van der Waals surface area contributed by atoms with Crippen molar-refractivity contribution in [2.45, 2.75) is 26.3 Å². The molecule has 0 aliphatic carbocycles. The second kappa shape index (κ2) is 6.35. The highest BCUT2D eigenvalue weighted by atomic mass is 16.7. The van der Waals surface area contributed by atoms with Crippen LogP contribution in [0.25, 0.3) is 0 Å². The average molecular weight is 290 g/mol. The van der Waals surface area contributed by atoms with Crippen molar-refractivity contribution in [2.24, 2.45) is 5.92 Å². The maximum Gasteiger partial charge on any atom is 0.231 e. The zero-order chi connectivity index (χ0) is 14.7. The van der Waals surface area contributed by atoms with Gasteiger partial charge in [0, 0.05) is 19.5 Å². The van der Waals surface area contributed by atoms with Crippen molar-refractivity contribution >= 4 is 5.91 Å². The Hall–Kier alpha value is -1.75. The lowest BCUT2D eigenvalue weighted by molar-refractivity contribution is -0.132. The van der Waals surface area contributed by atoms with E-state index in [4.69, 9.17) is 9.47 Å². The number of ether oxygens (including phenoxy) is 2. The molecule has 2 aliphatic rings. The van der Waals surface area contributed by atoms with E-state index < -0.39 is 0 Å². The molecule has 0 bridgehead atoms. The maximum absolute atomic E-state index is 12.4. The molecule has 5 nitrogen and oxygen atoms in total. The van der Waals surface area contributed by atoms with Crippen LogP contribution in [0.2, 0.25) is 0 Å². The molecule has 1 saturated heterocycles. The quantitative estimate of drug-likeness (QED) is 0.898. The van der Waals surface area contributed by atoms with E-state index in [2.05, 4.69) is 5.32 Å². The van der Waals surface area contributed by atoms with Gasteiger partial charge in [-0.3, -0.25) is 4.79 Å². The summed E-state index contributed by atoms with van der Waals surface area (Å²) in [6.07, 6.45) is 1.75. The Morgan fingerprint density at radius 3 is 3.00 bits per heavy atom. The minimum atomic E-state index is 0.240. The van der Waals surface area contributed by atoms with Gasteiger partial charge < -0.3 is 19.7 Å². The minimum absolute atomic E-state index is 0.240. The van der Waals surface area contributed by atoms with Crippen LogP contribution in [0.1, 0.15) is 25.3 Å². The third-order valence-corrected chi connectivity index (χ3v) is 4.17. The molecule has 0 radical (unpaired) electrons. The Morgan fingerprint density at radius 1 is 1.38 bits per heavy atom. The van der Waals surface area contributed by atoms with Crippen LogP contribution in [0, 0.1) is 5.92 Å². The lowest BCUT2D eigenvalue weighted by Crippen LogP contribution is -2.32. The normalized spacial score (nSPS) is 19.8. The predicted molar refractivity (Wildman–Crippen MR) is 79.2 cm³/mol. The fourth-order valence-electron chi connectivity index (χ4n) is 2.90. The molecular weight excluding hydrogens is 268 g/mol. The molecule has 1 amide bonds. The summed E-state index contributed by atoms with van der Waals surface area (Å²) in [6, 6.07) is 5.88. The standard InChI is InChI=1S/C16H22N2O3/c1-2-18(16(19)8-12-5-6-17-9-12)10-13-3-4-14-15(7-13)21-11-20-14/h3-4,7,12,17H,2,5-6,8-11H2,1H3. The number of nitrogens with zero attached hydrogens (tertiary/aromatic N) is 1. The smallest absolute Gasteiger partial charge is 0.231 e. The third-order valence-electron chi connectivity index (χ3n) is 4.17. The summed E-state index contributed by atoms with van der Waals surface area (Å²) < 4.78 is 10.7. The van der Waals surface area contributed by atoms with Gasteiger partial charge in [0.1, 0.15) is 0 Å². The van der Waals surface area contributed by atoms with Gasteiger partial charge in [0.25, 0.3) is 0 Å². The van der Waals surface area contributed by atoms with Crippen LogP contribution >= 0.6 is 0 Å². The van der Waals surface area contributed by atoms with Gasteiger partial charge in [0.05, 0.1) is 0 Å². The van der Waals surface area contributed by atoms with Gasteiger partial charge in [0.2, 0.25) is 12.7 Å². The Balaban J connectivity index is 1.62. The fourth-order valence-corrected chi connectivity index (χ4v) is 2.90. The van der Waals surface area contributed by atoms with Crippen molar-refractivity contribution < 1.29 is 14.3 Å². The van der Waals surface area contributed by atoms with E-state index in [0.717, 1.165) is 43.1 Å². The van der Waals surface area contributed by atoms with Crippen molar-refractivity contribution in [3.05, 3.63) is 23.8 Å². The molecule has 1 atom stereocenters. The number of carbonyl (C=O) groups excluding carboxylic acids is 1. The monoisotopic (exact) mass is 290 g/mol. The summed E-state index contributed by atoms with van der Waals surface area (Å²) in [5, 5.41) is 3.31. The zero-order valence-corrected chi connectivity index (χ0v) is 12.4. The van der Waals surface area contributed by atoms with Gasteiger partial charge in [-0.2, -0.15) is 0 Å². The van der Waals surface area contributed by atoms with Crippen molar-refractivity contribution in [1.82, 2.24) is 10.2 Å². The number of nitrogens with one attached hydrogen (secondary N) is 1. The number of hydrogen-bond donors (Lipinski definition) is 1. The van der Waals surface area contributed by atoms with E-state index >= 15 is 0 Å². The SMILES string of the molecule is CCN(Cc1ccc2c(c1)OCO2)C(=O)CC1CCNC1.